The third-order valence-electron chi connectivity index (χ3n) is 13.7. The van der Waals surface area contributed by atoms with Gasteiger partial charge in [-0.1, -0.05) is 72.8 Å². The summed E-state index contributed by atoms with van der Waals surface area (Å²) in [5.41, 5.74) is 10.8. The fourth-order valence-electron chi connectivity index (χ4n) is 9.56. The Kier molecular flexibility index (Phi) is 11.2. The van der Waals surface area contributed by atoms with Crippen molar-refractivity contribution in [1.29, 1.82) is 0 Å². The highest BCUT2D eigenvalue weighted by Gasteiger charge is 2.39. The van der Waals surface area contributed by atoms with E-state index in [4.69, 9.17) is 9.47 Å². The van der Waals surface area contributed by atoms with E-state index >= 15 is 0 Å². The maximum absolute atomic E-state index is 13.3. The summed E-state index contributed by atoms with van der Waals surface area (Å²) in [5, 5.41) is 0. The Balaban J connectivity index is 0.000000171. The zero-order chi connectivity index (χ0) is 51.7. The smallest absolute Gasteiger partial charge is 0.266 e. The number of methoxy groups -OCH3 is 2. The summed E-state index contributed by atoms with van der Waals surface area (Å²) in [6.45, 7) is 0. The van der Waals surface area contributed by atoms with E-state index in [1.54, 1.807) is 111 Å². The van der Waals surface area contributed by atoms with Crippen molar-refractivity contribution in [1.82, 2.24) is 9.80 Å². The number of hydrogen-bond donors (Lipinski definition) is 0. The standard InChI is InChI=1S/C36H24N2O6.C24H16N2O4/c1-43-27-13-9-25(10-14-27)37-33(39)29-17-7-23(19-31(29)35(37)41)21-3-5-22(6-4-21)24-8-18-30-32(20-24)36(42)38(34(30)40)26-11-15-28(44-2)16-12-26;1-25-21(27)17-9-7-15(11-19(17)23(25)29)13-3-5-14(6-4-13)16-8-10-18-20(12-16)24(30)26(2)22(18)28/h3-20H,1-2H3;3-12H,1-2H3. The summed E-state index contributed by atoms with van der Waals surface area (Å²) in [4.78, 5) is 106. The Labute approximate surface area is 423 Å². The largest absolute Gasteiger partial charge is 0.497 e. The molecule has 0 spiro atoms. The van der Waals surface area contributed by atoms with Crippen LogP contribution in [0.25, 0.3) is 44.5 Å². The summed E-state index contributed by atoms with van der Waals surface area (Å²) >= 11 is 0. The lowest BCUT2D eigenvalue weighted by molar-refractivity contribution is 0.0678. The van der Waals surface area contributed by atoms with E-state index in [1.165, 1.54) is 23.9 Å². The van der Waals surface area contributed by atoms with E-state index in [0.29, 0.717) is 67.4 Å². The van der Waals surface area contributed by atoms with Crippen molar-refractivity contribution in [3.8, 4) is 56.0 Å². The highest BCUT2D eigenvalue weighted by molar-refractivity contribution is 6.35. The van der Waals surface area contributed by atoms with E-state index in [9.17, 15) is 38.4 Å². The lowest BCUT2D eigenvalue weighted by atomic mass is 9.96. The highest BCUT2D eigenvalue weighted by Crippen LogP contribution is 2.37. The first kappa shape index (κ1) is 46.3. The number of amides is 8. The van der Waals surface area contributed by atoms with Crippen LogP contribution < -0.4 is 19.3 Å². The van der Waals surface area contributed by atoms with Gasteiger partial charge in [0.2, 0.25) is 0 Å². The van der Waals surface area contributed by atoms with Crippen LogP contribution in [0.4, 0.5) is 11.4 Å². The zero-order valence-electron chi connectivity index (χ0n) is 40.0. The van der Waals surface area contributed by atoms with Crippen molar-refractivity contribution < 1.29 is 47.8 Å². The van der Waals surface area contributed by atoms with E-state index < -0.39 is 0 Å². The summed E-state index contributed by atoms with van der Waals surface area (Å²) in [7, 11) is 6.06. The Bertz CT molecular complexity index is 3530. The Morgan fingerprint density at radius 2 is 0.473 bits per heavy atom. The van der Waals surface area contributed by atoms with Crippen LogP contribution in [0, 0.1) is 0 Å². The van der Waals surface area contributed by atoms with Crippen molar-refractivity contribution in [3.05, 3.63) is 214 Å². The molecule has 360 valence electrons. The zero-order valence-corrected chi connectivity index (χ0v) is 40.0. The molecular weight excluding hydrogens is 937 g/mol. The first-order chi connectivity index (χ1) is 35.7. The second kappa shape index (κ2) is 18.0. The van der Waals surface area contributed by atoms with Gasteiger partial charge in [0, 0.05) is 14.1 Å². The predicted octanol–water partition coefficient (Wildman–Crippen LogP) is 10.1. The lowest BCUT2D eigenvalue weighted by Gasteiger charge is -2.14. The molecule has 0 aromatic heterocycles. The van der Waals surface area contributed by atoms with Crippen molar-refractivity contribution in [3.63, 3.8) is 0 Å². The van der Waals surface area contributed by atoms with Gasteiger partial charge in [-0.2, -0.15) is 0 Å². The molecule has 0 bridgehead atoms. The molecule has 0 radical (unpaired) electrons. The van der Waals surface area contributed by atoms with Crippen LogP contribution in [-0.2, 0) is 0 Å². The molecule has 4 aliphatic heterocycles. The number of rotatable bonds is 8. The molecule has 0 fully saturated rings. The molecule has 14 nitrogen and oxygen atoms in total. The first-order valence-corrected chi connectivity index (χ1v) is 23.2. The predicted molar refractivity (Wildman–Crippen MR) is 276 cm³/mol. The summed E-state index contributed by atoms with van der Waals surface area (Å²) in [5.74, 6) is -1.40. The monoisotopic (exact) mass is 976 g/mol. The summed E-state index contributed by atoms with van der Waals surface area (Å²) in [6.07, 6.45) is 0. The molecule has 0 unspecified atom stereocenters. The van der Waals surface area contributed by atoms with Crippen LogP contribution in [0.3, 0.4) is 0 Å². The van der Waals surface area contributed by atoms with Gasteiger partial charge in [-0.3, -0.25) is 48.2 Å². The second-order valence-corrected chi connectivity index (χ2v) is 17.8. The normalized spacial score (nSPS) is 14.3. The number of benzene rings is 8. The Hall–Kier alpha value is -10.1. The molecule has 14 heteroatoms. The molecular formula is C60H40N4O10. The van der Waals surface area contributed by atoms with Crippen LogP contribution in [0.5, 0.6) is 11.5 Å². The van der Waals surface area contributed by atoms with Crippen LogP contribution in [0.2, 0.25) is 0 Å². The van der Waals surface area contributed by atoms with E-state index in [2.05, 4.69) is 0 Å². The van der Waals surface area contributed by atoms with Gasteiger partial charge in [-0.25, -0.2) is 9.80 Å². The molecule has 74 heavy (non-hydrogen) atoms. The fraction of sp³-hybridized carbons (Fsp3) is 0.0667. The van der Waals surface area contributed by atoms with Crippen molar-refractivity contribution in [2.75, 3.05) is 38.1 Å². The molecule has 8 aromatic rings. The van der Waals surface area contributed by atoms with Gasteiger partial charge in [-0.15, -0.1) is 0 Å². The third kappa shape index (κ3) is 7.60. The van der Waals surface area contributed by atoms with Gasteiger partial charge < -0.3 is 9.47 Å². The SMILES string of the molecule is CN1C(=O)c2ccc(-c3ccc(-c4ccc5c(c4)C(=O)N(C)C5=O)cc3)cc2C1=O.COc1ccc(N2C(=O)c3ccc(-c4ccc(-c5ccc6c(c5)C(=O)N(c5ccc(OC)cc5)C6=O)cc4)cc3C2=O)cc1. The molecule has 0 N–H and O–H groups in total. The van der Waals surface area contributed by atoms with Gasteiger partial charge >= 0.3 is 0 Å². The summed E-state index contributed by atoms with van der Waals surface area (Å²) in [6, 6.07) is 49.9. The number of hydrogen-bond acceptors (Lipinski definition) is 10. The number of carbonyl (C=O) groups is 8. The number of fused-ring (bicyclic) bond motifs is 4. The van der Waals surface area contributed by atoms with Gasteiger partial charge in [-0.05, 0) is 142 Å². The maximum Gasteiger partial charge on any atom is 0.266 e. The first-order valence-electron chi connectivity index (χ1n) is 23.2. The van der Waals surface area contributed by atoms with E-state index in [1.807, 2.05) is 72.8 Å². The summed E-state index contributed by atoms with van der Waals surface area (Å²) < 4.78 is 10.4. The molecule has 0 aliphatic carbocycles. The number of imide groups is 4. The van der Waals surface area contributed by atoms with Crippen molar-refractivity contribution in [2.24, 2.45) is 0 Å². The minimum atomic E-state index is -0.380. The molecule has 4 aliphatic rings. The topological polar surface area (TPSA) is 168 Å². The Morgan fingerprint density at radius 3 is 0.743 bits per heavy atom. The van der Waals surface area contributed by atoms with Crippen LogP contribution in [0.1, 0.15) is 82.9 Å². The van der Waals surface area contributed by atoms with Crippen LogP contribution in [-0.4, -0.2) is 85.4 Å². The van der Waals surface area contributed by atoms with Gasteiger partial charge in [0.05, 0.1) is 70.1 Å². The Morgan fingerprint density at radius 1 is 0.257 bits per heavy atom. The number of carbonyl (C=O) groups excluding carboxylic acids is 8. The van der Waals surface area contributed by atoms with Gasteiger partial charge in [0.25, 0.3) is 47.3 Å². The van der Waals surface area contributed by atoms with E-state index in [-0.39, 0.29) is 47.3 Å². The van der Waals surface area contributed by atoms with Gasteiger partial charge in [0.15, 0.2) is 0 Å². The van der Waals surface area contributed by atoms with Crippen molar-refractivity contribution >= 4 is 58.6 Å². The molecule has 12 rings (SSSR count). The fourth-order valence-corrected chi connectivity index (χ4v) is 9.56. The molecule has 8 amide bonds. The number of anilines is 2. The molecule has 4 heterocycles. The second-order valence-electron chi connectivity index (χ2n) is 17.8. The molecule has 0 saturated heterocycles. The molecule has 0 atom stereocenters. The lowest BCUT2D eigenvalue weighted by Crippen LogP contribution is -2.29. The third-order valence-corrected chi connectivity index (χ3v) is 13.7. The maximum atomic E-state index is 13.3. The average molecular weight is 977 g/mol. The minimum absolute atomic E-state index is 0.285. The van der Waals surface area contributed by atoms with Gasteiger partial charge in [0.1, 0.15) is 11.5 Å². The average Bonchev–Trinajstić information content (AvgIpc) is 4.02. The quantitative estimate of drug-likeness (QED) is 0.134. The number of nitrogens with zero attached hydrogens (tertiary/aromatic N) is 4. The minimum Gasteiger partial charge on any atom is -0.497 e. The molecule has 0 saturated carbocycles. The highest BCUT2D eigenvalue weighted by atomic mass is 16.5. The van der Waals surface area contributed by atoms with Crippen molar-refractivity contribution in [2.45, 2.75) is 0 Å². The van der Waals surface area contributed by atoms with Crippen LogP contribution in [0.15, 0.2) is 170 Å². The molecule has 8 aromatic carbocycles. The van der Waals surface area contributed by atoms with Crippen LogP contribution >= 0.6 is 0 Å². The van der Waals surface area contributed by atoms with E-state index in [0.717, 1.165) is 54.3 Å². The number of ether oxygens (including phenoxy) is 2.